The number of ether oxygens (including phenoxy) is 2. The van der Waals surface area contributed by atoms with Gasteiger partial charge in [0.05, 0.1) is 17.9 Å². The van der Waals surface area contributed by atoms with Crippen LogP contribution in [0, 0.1) is 0 Å². The number of aliphatic imine (C=N–C) groups is 1. The highest BCUT2D eigenvalue weighted by Crippen LogP contribution is 2.42. The van der Waals surface area contributed by atoms with Crippen molar-refractivity contribution in [1.82, 2.24) is 4.90 Å². The second kappa shape index (κ2) is 10.1. The molecule has 0 saturated carbocycles. The molecule has 0 aromatic heterocycles. The van der Waals surface area contributed by atoms with Crippen molar-refractivity contribution in [2.45, 2.75) is 63.5 Å². The molecule has 1 aromatic carbocycles. The van der Waals surface area contributed by atoms with Gasteiger partial charge in [-0.15, -0.1) is 11.8 Å². The minimum Gasteiger partial charge on any atom is -0.462 e. The molecule has 0 spiro atoms. The summed E-state index contributed by atoms with van der Waals surface area (Å²) in [6, 6.07) is 7.27. The zero-order chi connectivity index (χ0) is 22.6. The summed E-state index contributed by atoms with van der Waals surface area (Å²) >= 11 is 3.11. The van der Waals surface area contributed by atoms with Crippen molar-refractivity contribution in [2.24, 2.45) is 4.99 Å². The maximum absolute atomic E-state index is 13.4. The monoisotopic (exact) mass is 462 g/mol. The van der Waals surface area contributed by atoms with Crippen LogP contribution in [0.5, 0.6) is 0 Å². The van der Waals surface area contributed by atoms with Crippen molar-refractivity contribution in [3.63, 3.8) is 0 Å². The maximum atomic E-state index is 13.4. The van der Waals surface area contributed by atoms with Crippen LogP contribution in [0.1, 0.15) is 58.6 Å². The van der Waals surface area contributed by atoms with Crippen LogP contribution in [-0.4, -0.2) is 46.3 Å². The first-order chi connectivity index (χ1) is 14.7. The van der Waals surface area contributed by atoms with Gasteiger partial charge in [-0.3, -0.25) is 0 Å². The van der Waals surface area contributed by atoms with Crippen molar-refractivity contribution in [2.75, 3.05) is 18.6 Å². The number of amidine groups is 1. The average Bonchev–Trinajstić information content (AvgIpc) is 2.70. The van der Waals surface area contributed by atoms with E-state index in [1.165, 1.54) is 16.7 Å². The van der Waals surface area contributed by atoms with Gasteiger partial charge in [0.25, 0.3) is 0 Å². The number of amides is 1. The highest BCUT2D eigenvalue weighted by atomic mass is 32.2. The van der Waals surface area contributed by atoms with E-state index in [1.54, 1.807) is 18.7 Å². The smallest absolute Gasteiger partial charge is 0.417 e. The van der Waals surface area contributed by atoms with Crippen LogP contribution in [0.15, 0.2) is 45.4 Å². The van der Waals surface area contributed by atoms with E-state index in [2.05, 4.69) is 4.99 Å². The third-order valence-corrected chi connectivity index (χ3v) is 6.71. The van der Waals surface area contributed by atoms with Crippen molar-refractivity contribution >= 4 is 40.8 Å². The van der Waals surface area contributed by atoms with Gasteiger partial charge in [0, 0.05) is 4.90 Å². The average molecular weight is 463 g/mol. The van der Waals surface area contributed by atoms with Gasteiger partial charge < -0.3 is 9.47 Å². The summed E-state index contributed by atoms with van der Waals surface area (Å²) in [4.78, 5) is 33.7. The molecule has 1 atom stereocenters. The van der Waals surface area contributed by atoms with Crippen LogP contribution in [0.25, 0.3) is 0 Å². The van der Waals surface area contributed by atoms with Gasteiger partial charge in [0.2, 0.25) is 0 Å². The molecule has 3 rings (SSSR count). The van der Waals surface area contributed by atoms with Gasteiger partial charge in [0.15, 0.2) is 5.17 Å². The molecule has 2 aliphatic rings. The molecule has 0 fully saturated rings. The largest absolute Gasteiger partial charge is 0.462 e. The fraction of sp³-hybridized carbons (Fsp3) is 0.522. The molecule has 31 heavy (non-hydrogen) atoms. The number of nitrogens with zero attached hydrogens (tertiary/aromatic N) is 2. The van der Waals surface area contributed by atoms with Gasteiger partial charge in [-0.2, -0.15) is 0 Å². The van der Waals surface area contributed by atoms with Crippen molar-refractivity contribution in [1.29, 1.82) is 0 Å². The third kappa shape index (κ3) is 5.66. The third-order valence-electron chi connectivity index (χ3n) is 4.88. The van der Waals surface area contributed by atoms with E-state index in [0.717, 1.165) is 35.5 Å². The van der Waals surface area contributed by atoms with E-state index in [9.17, 15) is 9.59 Å². The van der Waals surface area contributed by atoms with Crippen LogP contribution in [-0.2, 0) is 14.3 Å². The first-order valence-corrected chi connectivity index (χ1v) is 12.7. The first-order valence-electron chi connectivity index (χ1n) is 10.5. The fourth-order valence-corrected chi connectivity index (χ4v) is 5.23. The van der Waals surface area contributed by atoms with Crippen LogP contribution < -0.4 is 0 Å². The van der Waals surface area contributed by atoms with Gasteiger partial charge in [-0.05, 0) is 70.6 Å². The Kier molecular flexibility index (Phi) is 7.75. The SMILES string of the molecule is CSC1=NC(C)=C2C(=O)OCCCCCSc3ccccc3C2N1C(=O)OC(C)(C)C. The van der Waals surface area contributed by atoms with Crippen molar-refractivity contribution in [3.8, 4) is 0 Å². The van der Waals surface area contributed by atoms with Gasteiger partial charge in [-0.1, -0.05) is 30.0 Å². The quantitative estimate of drug-likeness (QED) is 0.455. The van der Waals surface area contributed by atoms with Crippen LogP contribution in [0.4, 0.5) is 4.79 Å². The molecule has 0 bridgehead atoms. The standard InChI is InChI=1S/C23H30N2O4S2/c1-15-18-19(25(21(24-15)30-5)22(27)29-23(2,3)4)16-11-7-8-12-17(16)31-14-10-6-9-13-28-20(18)26/h7-8,11-12,19H,6,9-10,13-14H2,1-5H3. The summed E-state index contributed by atoms with van der Waals surface area (Å²) in [6.45, 7) is 7.64. The summed E-state index contributed by atoms with van der Waals surface area (Å²) < 4.78 is 11.3. The Morgan fingerprint density at radius 3 is 2.71 bits per heavy atom. The Bertz CT molecular complexity index is 905. The summed E-state index contributed by atoms with van der Waals surface area (Å²) in [5.74, 6) is 0.534. The van der Waals surface area contributed by atoms with E-state index in [-0.39, 0.29) is 0 Å². The number of fused-ring (bicyclic) bond motifs is 3. The van der Waals surface area contributed by atoms with E-state index < -0.39 is 23.7 Å². The lowest BCUT2D eigenvalue weighted by Crippen LogP contribution is -2.45. The minimum absolute atomic E-state index is 0.361. The summed E-state index contributed by atoms with van der Waals surface area (Å²) in [6.07, 6.45) is 4.19. The lowest BCUT2D eigenvalue weighted by Gasteiger charge is -2.37. The number of thioether (sulfide) groups is 2. The predicted octanol–water partition coefficient (Wildman–Crippen LogP) is 5.79. The molecule has 0 saturated heterocycles. The Hall–Kier alpha value is -1.93. The molecular formula is C23H30N2O4S2. The molecule has 6 nitrogen and oxygen atoms in total. The molecule has 2 heterocycles. The Morgan fingerprint density at radius 1 is 1.26 bits per heavy atom. The molecular weight excluding hydrogens is 432 g/mol. The van der Waals surface area contributed by atoms with E-state index in [4.69, 9.17) is 9.47 Å². The number of cyclic esters (lactones) is 1. The number of carbonyl (C=O) groups excluding carboxylic acids is 2. The highest BCUT2D eigenvalue weighted by molar-refractivity contribution is 8.13. The second-order valence-corrected chi connectivity index (χ2v) is 10.3. The highest BCUT2D eigenvalue weighted by Gasteiger charge is 2.42. The molecule has 1 amide bonds. The number of benzene rings is 1. The Labute approximate surface area is 192 Å². The molecule has 168 valence electrons. The van der Waals surface area contributed by atoms with Crippen LogP contribution in [0.3, 0.4) is 0 Å². The Morgan fingerprint density at radius 2 is 2.00 bits per heavy atom. The van der Waals surface area contributed by atoms with Crippen molar-refractivity contribution in [3.05, 3.63) is 41.1 Å². The molecule has 1 aromatic rings. The molecule has 2 aliphatic heterocycles. The van der Waals surface area contributed by atoms with Gasteiger partial charge in [-0.25, -0.2) is 19.5 Å². The topological polar surface area (TPSA) is 68.2 Å². The zero-order valence-electron chi connectivity index (χ0n) is 18.8. The molecule has 8 heteroatoms. The predicted molar refractivity (Wildman–Crippen MR) is 126 cm³/mol. The van der Waals surface area contributed by atoms with E-state index in [1.807, 2.05) is 51.3 Å². The fourth-order valence-electron chi connectivity index (χ4n) is 3.53. The normalized spacial score (nSPS) is 20.5. The number of carbonyl (C=O) groups is 2. The summed E-state index contributed by atoms with van der Waals surface area (Å²) in [5.41, 5.74) is 1.15. The summed E-state index contributed by atoms with van der Waals surface area (Å²) in [5, 5.41) is 0.500. The molecule has 0 radical (unpaired) electrons. The molecule has 0 aliphatic carbocycles. The van der Waals surface area contributed by atoms with Gasteiger partial charge in [0.1, 0.15) is 11.6 Å². The number of esters is 1. The summed E-state index contributed by atoms with van der Waals surface area (Å²) in [7, 11) is 0. The zero-order valence-corrected chi connectivity index (χ0v) is 20.4. The van der Waals surface area contributed by atoms with Crippen LogP contribution >= 0.6 is 23.5 Å². The molecule has 1 unspecified atom stereocenters. The van der Waals surface area contributed by atoms with Gasteiger partial charge >= 0.3 is 12.1 Å². The number of hydrogen-bond donors (Lipinski definition) is 0. The van der Waals surface area contributed by atoms with E-state index >= 15 is 0 Å². The van der Waals surface area contributed by atoms with E-state index in [0.29, 0.717) is 23.0 Å². The first kappa shape index (κ1) is 23.7. The number of allylic oxidation sites excluding steroid dienone is 1. The van der Waals surface area contributed by atoms with Crippen molar-refractivity contribution < 1.29 is 19.1 Å². The number of rotatable bonds is 0. The lowest BCUT2D eigenvalue weighted by atomic mass is 9.94. The maximum Gasteiger partial charge on any atom is 0.417 e. The minimum atomic E-state index is -0.683. The second-order valence-electron chi connectivity index (χ2n) is 8.43. The Balaban J connectivity index is 2.19. The van der Waals surface area contributed by atoms with Crippen LogP contribution in [0.2, 0.25) is 0 Å². The molecule has 0 N–H and O–H groups in total. The number of hydrogen-bond acceptors (Lipinski definition) is 7. The lowest BCUT2D eigenvalue weighted by molar-refractivity contribution is -0.139.